The first-order valence-electron chi connectivity index (χ1n) is 13.3. The van der Waals surface area contributed by atoms with Gasteiger partial charge in [0.2, 0.25) is 17.7 Å². The van der Waals surface area contributed by atoms with E-state index < -0.39 is 36.0 Å². The maximum absolute atomic E-state index is 13.7. The van der Waals surface area contributed by atoms with Gasteiger partial charge < -0.3 is 21.1 Å². The Morgan fingerprint density at radius 1 is 0.923 bits per heavy atom. The molecule has 9 nitrogen and oxygen atoms in total. The summed E-state index contributed by atoms with van der Waals surface area (Å²) >= 11 is 0. The number of aldehydes is 1. The van der Waals surface area contributed by atoms with Gasteiger partial charge in [-0.3, -0.25) is 24.1 Å². The Morgan fingerprint density at radius 3 is 2.00 bits per heavy atom. The predicted octanol–water partition coefficient (Wildman–Crippen LogP) is 2.58. The standard InChI is InChI=1S/C30H42N4O5/c1-7-20(4)25(28(31)36)32-30(38)26(27(19(2)3)39-23-15-13-22(18-35)14-16-23)33-29(37)24(34(5)6)17-21-11-9-8-10-12-21/h8-16,18-20,24-27H,7,17H2,1-6H3,(H2,31,36)(H,32,38)(H,33,37)/t20-,24-,25-,26-,27-/m0/s1. The fourth-order valence-electron chi connectivity index (χ4n) is 4.24. The molecule has 0 spiro atoms. The highest BCUT2D eigenvalue weighted by molar-refractivity contribution is 5.93. The van der Waals surface area contributed by atoms with Crippen LogP contribution in [0.5, 0.6) is 5.75 Å². The van der Waals surface area contributed by atoms with Gasteiger partial charge in [-0.1, -0.05) is 64.4 Å². The Bertz CT molecular complexity index is 1090. The van der Waals surface area contributed by atoms with Crippen LogP contribution in [-0.2, 0) is 20.8 Å². The molecule has 4 N–H and O–H groups in total. The maximum Gasteiger partial charge on any atom is 0.247 e. The van der Waals surface area contributed by atoms with Gasteiger partial charge in [-0.15, -0.1) is 0 Å². The number of likely N-dealkylation sites (N-methyl/N-ethyl adjacent to an activating group) is 1. The number of primary amides is 1. The number of carbonyl (C=O) groups is 4. The molecule has 0 saturated carbocycles. The van der Waals surface area contributed by atoms with Gasteiger partial charge in [0.15, 0.2) is 0 Å². The van der Waals surface area contributed by atoms with Gasteiger partial charge in [0.25, 0.3) is 0 Å². The summed E-state index contributed by atoms with van der Waals surface area (Å²) in [6.07, 6.45) is 0.997. The molecule has 39 heavy (non-hydrogen) atoms. The molecule has 2 rings (SSSR count). The third-order valence-corrected chi connectivity index (χ3v) is 6.87. The van der Waals surface area contributed by atoms with E-state index in [1.54, 1.807) is 43.3 Å². The maximum atomic E-state index is 13.7. The molecular formula is C30H42N4O5. The minimum atomic E-state index is -1.13. The Morgan fingerprint density at radius 2 is 1.51 bits per heavy atom. The number of rotatable bonds is 15. The fourth-order valence-corrected chi connectivity index (χ4v) is 4.24. The Hall–Kier alpha value is -3.72. The summed E-state index contributed by atoms with van der Waals surface area (Å²) in [5.41, 5.74) is 7.08. The van der Waals surface area contributed by atoms with Crippen molar-refractivity contribution in [1.29, 1.82) is 0 Å². The van der Waals surface area contributed by atoms with E-state index in [2.05, 4.69) is 10.6 Å². The van der Waals surface area contributed by atoms with E-state index in [1.807, 2.05) is 58.0 Å². The molecule has 0 heterocycles. The smallest absolute Gasteiger partial charge is 0.247 e. The molecule has 3 amide bonds. The largest absolute Gasteiger partial charge is 0.487 e. The number of nitrogens with zero attached hydrogens (tertiary/aromatic N) is 1. The number of hydrogen-bond donors (Lipinski definition) is 3. The zero-order valence-electron chi connectivity index (χ0n) is 23.7. The van der Waals surface area contributed by atoms with Crippen LogP contribution in [0.3, 0.4) is 0 Å². The van der Waals surface area contributed by atoms with E-state index in [0.717, 1.165) is 11.8 Å². The second kappa shape index (κ2) is 15.0. The van der Waals surface area contributed by atoms with E-state index in [4.69, 9.17) is 10.5 Å². The van der Waals surface area contributed by atoms with Crippen LogP contribution in [0.25, 0.3) is 0 Å². The lowest BCUT2D eigenvalue weighted by Gasteiger charge is -2.34. The predicted molar refractivity (Wildman–Crippen MR) is 151 cm³/mol. The number of nitrogens with one attached hydrogen (secondary N) is 2. The van der Waals surface area contributed by atoms with Crippen LogP contribution in [-0.4, -0.2) is 67.2 Å². The number of hydrogen-bond acceptors (Lipinski definition) is 6. The molecule has 0 bridgehead atoms. The Balaban J connectivity index is 2.42. The number of amides is 3. The molecule has 5 atom stereocenters. The molecule has 212 valence electrons. The van der Waals surface area contributed by atoms with Gasteiger partial charge in [-0.25, -0.2) is 0 Å². The fraction of sp³-hybridized carbons (Fsp3) is 0.467. The van der Waals surface area contributed by atoms with Gasteiger partial charge in [0, 0.05) is 5.56 Å². The van der Waals surface area contributed by atoms with E-state index in [0.29, 0.717) is 24.2 Å². The topological polar surface area (TPSA) is 131 Å². The summed E-state index contributed by atoms with van der Waals surface area (Å²) in [4.78, 5) is 52.4. The highest BCUT2D eigenvalue weighted by atomic mass is 16.5. The van der Waals surface area contributed by atoms with Crippen LogP contribution in [0.2, 0.25) is 0 Å². The van der Waals surface area contributed by atoms with Crippen molar-refractivity contribution >= 4 is 24.0 Å². The van der Waals surface area contributed by atoms with Gasteiger partial charge in [0.05, 0.1) is 6.04 Å². The second-order valence-corrected chi connectivity index (χ2v) is 10.4. The molecule has 0 saturated heterocycles. The summed E-state index contributed by atoms with van der Waals surface area (Å²) in [6.45, 7) is 7.49. The lowest BCUT2D eigenvalue weighted by atomic mass is 9.94. The van der Waals surface area contributed by atoms with Crippen LogP contribution in [0, 0.1) is 11.8 Å². The quantitative estimate of drug-likeness (QED) is 0.299. The molecule has 0 fully saturated rings. The van der Waals surface area contributed by atoms with E-state index in [9.17, 15) is 19.2 Å². The monoisotopic (exact) mass is 538 g/mol. The molecule has 0 aliphatic heterocycles. The first kappa shape index (κ1) is 31.5. The van der Waals surface area contributed by atoms with Gasteiger partial charge in [-0.05, 0) is 62.2 Å². The van der Waals surface area contributed by atoms with Crippen LogP contribution in [0.15, 0.2) is 54.6 Å². The van der Waals surface area contributed by atoms with Crippen molar-refractivity contribution in [3.8, 4) is 5.75 Å². The van der Waals surface area contributed by atoms with Crippen molar-refractivity contribution in [3.63, 3.8) is 0 Å². The minimum Gasteiger partial charge on any atom is -0.487 e. The zero-order valence-corrected chi connectivity index (χ0v) is 23.7. The van der Waals surface area contributed by atoms with Crippen LogP contribution in [0.1, 0.15) is 50.0 Å². The molecule has 0 aromatic heterocycles. The summed E-state index contributed by atoms with van der Waals surface area (Å²) in [5, 5.41) is 5.68. The summed E-state index contributed by atoms with van der Waals surface area (Å²) < 4.78 is 6.23. The van der Waals surface area contributed by atoms with Crippen LogP contribution >= 0.6 is 0 Å². The zero-order chi connectivity index (χ0) is 29.1. The van der Waals surface area contributed by atoms with Crippen molar-refractivity contribution < 1.29 is 23.9 Å². The second-order valence-electron chi connectivity index (χ2n) is 10.4. The van der Waals surface area contributed by atoms with Crippen LogP contribution < -0.4 is 21.1 Å². The first-order valence-corrected chi connectivity index (χ1v) is 13.3. The number of carbonyl (C=O) groups excluding carboxylic acids is 4. The average molecular weight is 539 g/mol. The molecule has 2 aromatic carbocycles. The summed E-state index contributed by atoms with van der Waals surface area (Å²) in [7, 11) is 3.61. The van der Waals surface area contributed by atoms with Crippen LogP contribution in [0.4, 0.5) is 0 Å². The minimum absolute atomic E-state index is 0.204. The summed E-state index contributed by atoms with van der Waals surface area (Å²) in [6, 6.07) is 13.5. The normalized spacial score (nSPS) is 15.1. The Kier molecular flexibility index (Phi) is 12.1. The first-order chi connectivity index (χ1) is 18.5. The molecule has 0 aliphatic rings. The molecule has 2 aromatic rings. The highest BCUT2D eigenvalue weighted by Crippen LogP contribution is 2.20. The Labute approximate surface area is 231 Å². The third kappa shape index (κ3) is 9.21. The number of benzene rings is 2. The van der Waals surface area contributed by atoms with E-state index >= 15 is 0 Å². The lowest BCUT2D eigenvalue weighted by Crippen LogP contribution is -2.62. The van der Waals surface area contributed by atoms with Gasteiger partial charge in [-0.2, -0.15) is 0 Å². The average Bonchev–Trinajstić information content (AvgIpc) is 2.91. The molecule has 0 unspecified atom stereocenters. The molecule has 0 aliphatic carbocycles. The molecular weight excluding hydrogens is 496 g/mol. The van der Waals surface area contributed by atoms with Crippen molar-refractivity contribution in [1.82, 2.24) is 15.5 Å². The number of nitrogens with two attached hydrogens (primary N) is 1. The van der Waals surface area contributed by atoms with Crippen molar-refractivity contribution in [2.45, 2.75) is 64.8 Å². The van der Waals surface area contributed by atoms with Crippen molar-refractivity contribution in [3.05, 3.63) is 65.7 Å². The van der Waals surface area contributed by atoms with Gasteiger partial charge >= 0.3 is 0 Å². The SMILES string of the molecule is CC[C@H](C)[C@H](NC(=O)[C@@H](NC(=O)[C@H](Cc1ccccc1)N(C)C)[C@@H](Oc1ccc(C=O)cc1)C(C)C)C(N)=O. The molecule has 9 heteroatoms. The van der Waals surface area contributed by atoms with E-state index in [-0.39, 0.29) is 17.7 Å². The third-order valence-electron chi connectivity index (χ3n) is 6.87. The number of ether oxygens (including phenoxy) is 1. The van der Waals surface area contributed by atoms with E-state index in [1.165, 1.54) is 0 Å². The van der Waals surface area contributed by atoms with Crippen molar-refractivity contribution in [2.24, 2.45) is 17.6 Å². The molecule has 0 radical (unpaired) electrons. The van der Waals surface area contributed by atoms with Gasteiger partial charge in [0.1, 0.15) is 30.2 Å². The van der Waals surface area contributed by atoms with Crippen molar-refractivity contribution in [2.75, 3.05) is 14.1 Å². The lowest BCUT2D eigenvalue weighted by molar-refractivity contribution is -0.136. The highest BCUT2D eigenvalue weighted by Gasteiger charge is 2.38. The summed E-state index contributed by atoms with van der Waals surface area (Å²) in [5.74, 6) is -1.54.